The number of methoxy groups -OCH3 is 2. The number of allylic oxidation sites excluding steroid dienone is 1. The Labute approximate surface area is 252 Å². The molecule has 1 aliphatic heterocycles. The third-order valence-electron chi connectivity index (χ3n) is 8.11. The van der Waals surface area contributed by atoms with E-state index in [0.717, 1.165) is 27.7 Å². The number of aryl methyl sites for hydroxylation is 2. The third-order valence-corrected chi connectivity index (χ3v) is 9.09. The summed E-state index contributed by atoms with van der Waals surface area (Å²) in [6.45, 7) is 5.80. The van der Waals surface area contributed by atoms with Gasteiger partial charge in [-0.25, -0.2) is 4.99 Å². The van der Waals surface area contributed by atoms with Crippen LogP contribution in [0.3, 0.4) is 0 Å². The van der Waals surface area contributed by atoms with Crippen LogP contribution in [0.5, 0.6) is 11.5 Å². The van der Waals surface area contributed by atoms with Crippen LogP contribution >= 0.6 is 11.3 Å². The smallest absolute Gasteiger partial charge is 0.271 e. The maximum atomic E-state index is 14.3. The Bertz CT molecular complexity index is 2130. The molecule has 1 amide bonds. The van der Waals surface area contributed by atoms with Gasteiger partial charge in [0.1, 0.15) is 0 Å². The standard InChI is InChI=1S/C34H32N4O4S/c1-19-11-7-9-13-25(19)36-32(39)30-20(2)35-34-38(31(30)22-15-16-27(41-5)28(17-22)42-6)33(40)29(43-34)18-24-21(3)37(4)26-14-10-8-12-23(24)26/h7-18,31H,1-6H3,(H,36,39)/b29-18-/t31-/m0/s1. The number of anilines is 1. The van der Waals surface area contributed by atoms with Crippen LogP contribution in [-0.4, -0.2) is 29.3 Å². The predicted octanol–water partition coefficient (Wildman–Crippen LogP) is 5.00. The Kier molecular flexibility index (Phi) is 7.27. The first-order chi connectivity index (χ1) is 20.7. The summed E-state index contributed by atoms with van der Waals surface area (Å²) in [5, 5.41) is 4.12. The lowest BCUT2D eigenvalue weighted by molar-refractivity contribution is -0.113. The number of rotatable bonds is 6. The van der Waals surface area contributed by atoms with Crippen LogP contribution in [0.2, 0.25) is 0 Å². The molecule has 0 bridgehead atoms. The van der Waals surface area contributed by atoms with Gasteiger partial charge >= 0.3 is 0 Å². The predicted molar refractivity (Wildman–Crippen MR) is 171 cm³/mol. The molecule has 43 heavy (non-hydrogen) atoms. The summed E-state index contributed by atoms with van der Waals surface area (Å²) in [7, 11) is 5.16. The minimum atomic E-state index is -0.740. The van der Waals surface area contributed by atoms with E-state index in [1.54, 1.807) is 24.9 Å². The van der Waals surface area contributed by atoms with E-state index < -0.39 is 6.04 Å². The van der Waals surface area contributed by atoms with E-state index in [-0.39, 0.29) is 11.5 Å². The minimum absolute atomic E-state index is 0.218. The summed E-state index contributed by atoms with van der Waals surface area (Å²) >= 11 is 1.32. The molecule has 8 nitrogen and oxygen atoms in total. The molecule has 5 aromatic rings. The highest BCUT2D eigenvalue weighted by Gasteiger charge is 2.33. The second-order valence-electron chi connectivity index (χ2n) is 10.5. The van der Waals surface area contributed by atoms with Crippen molar-refractivity contribution in [3.8, 4) is 11.5 Å². The normalized spacial score (nSPS) is 14.9. The van der Waals surface area contributed by atoms with Crippen LogP contribution in [0.15, 0.2) is 87.8 Å². The Morgan fingerprint density at radius 2 is 1.70 bits per heavy atom. The lowest BCUT2D eigenvalue weighted by atomic mass is 9.94. The van der Waals surface area contributed by atoms with Gasteiger partial charge in [0.25, 0.3) is 11.5 Å². The van der Waals surface area contributed by atoms with Crippen molar-refractivity contribution in [3.63, 3.8) is 0 Å². The topological polar surface area (TPSA) is 86.9 Å². The highest BCUT2D eigenvalue weighted by molar-refractivity contribution is 7.07. The van der Waals surface area contributed by atoms with Crippen LogP contribution in [0.4, 0.5) is 5.69 Å². The van der Waals surface area contributed by atoms with Crippen molar-refractivity contribution in [3.05, 3.63) is 120 Å². The van der Waals surface area contributed by atoms with Crippen LogP contribution in [0.1, 0.15) is 35.3 Å². The highest BCUT2D eigenvalue weighted by Crippen LogP contribution is 2.36. The fourth-order valence-corrected chi connectivity index (χ4v) is 6.74. The number of carbonyl (C=O) groups excluding carboxylic acids is 1. The molecular weight excluding hydrogens is 560 g/mol. The lowest BCUT2D eigenvalue weighted by Gasteiger charge is -2.26. The van der Waals surface area contributed by atoms with Crippen LogP contribution in [0.25, 0.3) is 17.0 Å². The first kappa shape index (κ1) is 28.2. The van der Waals surface area contributed by atoms with Crippen molar-refractivity contribution in [2.24, 2.45) is 12.0 Å². The second-order valence-corrected chi connectivity index (χ2v) is 11.5. The number of benzene rings is 3. The molecule has 1 atom stereocenters. The highest BCUT2D eigenvalue weighted by atomic mass is 32.1. The van der Waals surface area contributed by atoms with Gasteiger partial charge in [-0.2, -0.15) is 0 Å². The number of carbonyl (C=O) groups is 1. The summed E-state index contributed by atoms with van der Waals surface area (Å²) in [6, 6.07) is 20.5. The lowest BCUT2D eigenvalue weighted by Crippen LogP contribution is -2.40. The molecular formula is C34H32N4O4S. The van der Waals surface area contributed by atoms with E-state index in [1.165, 1.54) is 11.3 Å². The van der Waals surface area contributed by atoms with Gasteiger partial charge in [0.15, 0.2) is 16.3 Å². The average molecular weight is 593 g/mol. The maximum absolute atomic E-state index is 14.3. The molecule has 218 valence electrons. The molecule has 3 heterocycles. The molecule has 0 aliphatic carbocycles. The van der Waals surface area contributed by atoms with Crippen molar-refractivity contribution in [2.45, 2.75) is 26.8 Å². The summed E-state index contributed by atoms with van der Waals surface area (Å²) in [5.74, 6) is 0.730. The summed E-state index contributed by atoms with van der Waals surface area (Å²) in [6.07, 6.45) is 1.94. The molecule has 0 radical (unpaired) electrons. The zero-order valence-electron chi connectivity index (χ0n) is 24.9. The Morgan fingerprint density at radius 1 is 0.977 bits per heavy atom. The van der Waals surface area contributed by atoms with Crippen molar-refractivity contribution in [1.29, 1.82) is 0 Å². The fraction of sp³-hybridized carbons (Fsp3) is 0.206. The van der Waals surface area contributed by atoms with Crippen LogP contribution < -0.4 is 29.7 Å². The first-order valence-corrected chi connectivity index (χ1v) is 14.7. The fourth-order valence-electron chi connectivity index (χ4n) is 5.72. The summed E-state index contributed by atoms with van der Waals surface area (Å²) in [4.78, 5) is 33.6. The number of hydrogen-bond donors (Lipinski definition) is 1. The van der Waals surface area contributed by atoms with E-state index in [2.05, 4.69) is 22.0 Å². The molecule has 0 unspecified atom stereocenters. The molecule has 1 aliphatic rings. The molecule has 9 heteroatoms. The van der Waals surface area contributed by atoms with Crippen LogP contribution in [0, 0.1) is 13.8 Å². The van der Waals surface area contributed by atoms with Gasteiger partial charge in [0, 0.05) is 34.9 Å². The van der Waals surface area contributed by atoms with E-state index >= 15 is 0 Å². The van der Waals surface area contributed by atoms with Gasteiger partial charge in [0.2, 0.25) is 0 Å². The van der Waals surface area contributed by atoms with Gasteiger partial charge in [-0.1, -0.05) is 53.8 Å². The Balaban J connectivity index is 1.57. The molecule has 0 fully saturated rings. The average Bonchev–Trinajstić information content (AvgIpc) is 3.45. The largest absolute Gasteiger partial charge is 0.493 e. The number of ether oxygens (including phenoxy) is 2. The number of nitrogens with zero attached hydrogens (tertiary/aromatic N) is 3. The van der Waals surface area contributed by atoms with Crippen molar-refractivity contribution < 1.29 is 14.3 Å². The number of hydrogen-bond acceptors (Lipinski definition) is 6. The van der Waals surface area contributed by atoms with E-state index in [1.807, 2.05) is 82.4 Å². The van der Waals surface area contributed by atoms with Gasteiger partial charge in [-0.3, -0.25) is 14.2 Å². The summed E-state index contributed by atoms with van der Waals surface area (Å²) < 4.78 is 15.4. The summed E-state index contributed by atoms with van der Waals surface area (Å²) in [5.41, 5.74) is 6.17. The van der Waals surface area contributed by atoms with E-state index in [9.17, 15) is 9.59 Å². The maximum Gasteiger partial charge on any atom is 0.271 e. The van der Waals surface area contributed by atoms with Gasteiger partial charge in [-0.15, -0.1) is 0 Å². The van der Waals surface area contributed by atoms with Crippen molar-refractivity contribution in [1.82, 2.24) is 9.13 Å². The third kappa shape index (κ3) is 4.75. The van der Waals surface area contributed by atoms with E-state index in [0.29, 0.717) is 43.4 Å². The molecule has 6 rings (SSSR count). The Hall–Kier alpha value is -4.89. The SMILES string of the molecule is COc1ccc([C@H]2C(C(=O)Nc3ccccc3C)=C(C)N=c3s/c(=C\c4c(C)n(C)c5ccccc45)c(=O)n32)cc1OC. The molecule has 0 saturated heterocycles. The van der Waals surface area contributed by atoms with Crippen molar-refractivity contribution in [2.75, 3.05) is 19.5 Å². The zero-order chi connectivity index (χ0) is 30.4. The van der Waals surface area contributed by atoms with Gasteiger partial charge in [0.05, 0.1) is 36.1 Å². The minimum Gasteiger partial charge on any atom is -0.493 e. The molecule has 1 N–H and O–H groups in total. The number of fused-ring (bicyclic) bond motifs is 2. The quantitative estimate of drug-likeness (QED) is 0.301. The second kappa shape index (κ2) is 11.1. The van der Waals surface area contributed by atoms with E-state index in [4.69, 9.17) is 14.5 Å². The number of aromatic nitrogens is 2. The number of amides is 1. The first-order valence-electron chi connectivity index (χ1n) is 13.9. The van der Waals surface area contributed by atoms with Crippen molar-refractivity contribution >= 4 is 39.9 Å². The number of thiazole rings is 1. The molecule has 2 aromatic heterocycles. The molecule has 0 spiro atoms. The molecule has 0 saturated carbocycles. The zero-order valence-corrected chi connectivity index (χ0v) is 25.7. The monoisotopic (exact) mass is 592 g/mol. The van der Waals surface area contributed by atoms with Gasteiger partial charge in [-0.05, 0) is 62.2 Å². The van der Waals surface area contributed by atoms with Crippen LogP contribution in [-0.2, 0) is 11.8 Å². The molecule has 3 aromatic carbocycles. The number of nitrogens with one attached hydrogen (secondary N) is 1. The number of para-hydroxylation sites is 2. The van der Waals surface area contributed by atoms with Gasteiger partial charge < -0.3 is 19.4 Å². The Morgan fingerprint density at radius 3 is 2.44 bits per heavy atom.